The molecule has 1 heteroatoms. The van der Waals surface area contributed by atoms with Crippen molar-refractivity contribution in [1.29, 1.82) is 0 Å². The van der Waals surface area contributed by atoms with Gasteiger partial charge in [0.05, 0.1) is 0 Å². The number of rotatable bonds is 2. The van der Waals surface area contributed by atoms with Gasteiger partial charge < -0.3 is 0 Å². The Hall–Kier alpha value is 1.26. The molecule has 0 bridgehead atoms. The first-order valence-electron chi connectivity index (χ1n) is 4.18. The van der Waals surface area contributed by atoms with Crippen LogP contribution in [-0.4, -0.2) is 0 Å². The van der Waals surface area contributed by atoms with Crippen LogP contribution < -0.4 is 0 Å². The first-order chi connectivity index (χ1) is 4.18. The normalized spacial score (nSPS) is 11.1. The summed E-state index contributed by atoms with van der Waals surface area (Å²) < 4.78 is 0. The van der Waals surface area contributed by atoms with Gasteiger partial charge in [-0.25, -0.2) is 0 Å². The summed E-state index contributed by atoms with van der Waals surface area (Å²) in [5, 5.41) is 0. The number of hydrogen-bond acceptors (Lipinski definition) is 0. The molecule has 0 radical (unpaired) electrons. The fraction of sp³-hybridized carbons (Fsp3) is 1.00. The van der Waals surface area contributed by atoms with Gasteiger partial charge in [-0.2, -0.15) is 0 Å². The van der Waals surface area contributed by atoms with E-state index >= 15 is 0 Å². The minimum absolute atomic E-state index is 0. The van der Waals surface area contributed by atoms with Gasteiger partial charge in [0.1, 0.15) is 0 Å². The van der Waals surface area contributed by atoms with Gasteiger partial charge in [0.25, 0.3) is 0 Å². The molecule has 0 aliphatic carbocycles. The summed E-state index contributed by atoms with van der Waals surface area (Å²) in [6.45, 7) is 13.1. The van der Waals surface area contributed by atoms with Crippen LogP contribution >= 0.6 is 0 Å². The Morgan fingerprint density at radius 1 is 1.00 bits per heavy atom. The van der Waals surface area contributed by atoms with Gasteiger partial charge in [-0.05, 0) is 11.8 Å². The van der Waals surface area contributed by atoms with Crippen molar-refractivity contribution in [3.8, 4) is 0 Å². The third kappa shape index (κ3) is 12.0. The molecule has 0 aromatic rings. The standard InChI is InChI=1S/C7H16.C2H6.Ar/c1-5-7(4)6(2)3;1-2;/h6-7H,5H2,1-4H3;1-2H3;. The summed E-state index contributed by atoms with van der Waals surface area (Å²) in [6.07, 6.45) is 1.32. The first kappa shape index (κ1) is 17.4. The van der Waals surface area contributed by atoms with Crippen molar-refractivity contribution in [3.05, 3.63) is 0 Å². The Balaban J connectivity index is -0.000000149. The van der Waals surface area contributed by atoms with Crippen LogP contribution in [0.2, 0.25) is 0 Å². The molecule has 0 saturated heterocycles. The average molecular weight is 170 g/mol. The summed E-state index contributed by atoms with van der Waals surface area (Å²) in [5.74, 6) is 1.77. The summed E-state index contributed by atoms with van der Waals surface area (Å²) >= 11 is 0. The maximum absolute atomic E-state index is 2.30. The molecule has 0 aromatic heterocycles. The van der Waals surface area contributed by atoms with Gasteiger partial charge in [0.15, 0.2) is 0 Å². The minimum atomic E-state index is 0. The van der Waals surface area contributed by atoms with Crippen LogP contribution in [0.25, 0.3) is 0 Å². The van der Waals surface area contributed by atoms with Crippen molar-refractivity contribution in [1.82, 2.24) is 0 Å². The smallest absolute Gasteiger partial charge is 0 e. The van der Waals surface area contributed by atoms with Crippen LogP contribution in [-0.2, 0) is 0 Å². The Morgan fingerprint density at radius 2 is 1.30 bits per heavy atom. The largest absolute Gasteiger partial charge is 0.0683 e. The van der Waals surface area contributed by atoms with E-state index < -0.39 is 0 Å². The predicted octanol–water partition coefficient (Wildman–Crippen LogP) is 3.71. The van der Waals surface area contributed by atoms with E-state index in [1.165, 1.54) is 6.42 Å². The zero-order valence-corrected chi connectivity index (χ0v) is 8.92. The molecule has 0 rings (SSSR count). The van der Waals surface area contributed by atoms with Crippen molar-refractivity contribution in [3.63, 3.8) is 0 Å². The molecule has 0 aliphatic heterocycles. The molecule has 0 fully saturated rings. The van der Waals surface area contributed by atoms with Crippen LogP contribution in [0, 0.1) is 49.6 Å². The SMILES string of the molecule is CC.CCC(C)C(C)C.[Ar]. The quantitative estimate of drug-likeness (QED) is 0.592. The second-order valence-corrected chi connectivity index (χ2v) is 2.63. The van der Waals surface area contributed by atoms with Gasteiger partial charge in [0.2, 0.25) is 0 Å². The van der Waals surface area contributed by atoms with Gasteiger partial charge in [-0.3, -0.25) is 0 Å². The molecular formula is C9H22Ar. The molecule has 0 aliphatic rings. The monoisotopic (exact) mass is 170 g/mol. The number of hydrogen-bond donors (Lipinski definition) is 0. The van der Waals surface area contributed by atoms with Gasteiger partial charge in [0, 0.05) is 37.7 Å². The van der Waals surface area contributed by atoms with Crippen molar-refractivity contribution >= 4 is 0 Å². The Kier molecular flexibility index (Phi) is 22.4. The van der Waals surface area contributed by atoms with E-state index in [2.05, 4.69) is 27.7 Å². The van der Waals surface area contributed by atoms with E-state index in [0.717, 1.165) is 11.8 Å². The van der Waals surface area contributed by atoms with E-state index in [0.29, 0.717) is 0 Å². The average Bonchev–Trinajstić information content (AvgIpc) is 1.91. The Bertz CT molecular complexity index is 42.0. The fourth-order valence-electron chi connectivity index (χ4n) is 0.471. The zero-order chi connectivity index (χ0) is 7.86. The molecule has 1 unspecified atom stereocenters. The third-order valence-corrected chi connectivity index (χ3v) is 1.78. The fourth-order valence-corrected chi connectivity index (χ4v) is 0.471. The third-order valence-electron chi connectivity index (χ3n) is 1.78. The second kappa shape index (κ2) is 12.9. The molecule has 0 saturated carbocycles. The molecule has 0 aromatic carbocycles. The zero-order valence-electron chi connectivity index (χ0n) is 8.22. The predicted molar refractivity (Wildman–Crippen MR) is 45.6 cm³/mol. The van der Waals surface area contributed by atoms with Crippen LogP contribution in [0.4, 0.5) is 0 Å². The summed E-state index contributed by atoms with van der Waals surface area (Å²) in [4.78, 5) is 0. The van der Waals surface area contributed by atoms with Gasteiger partial charge in [-0.1, -0.05) is 48.0 Å². The van der Waals surface area contributed by atoms with Crippen molar-refractivity contribution in [2.24, 2.45) is 11.8 Å². The molecule has 0 amide bonds. The van der Waals surface area contributed by atoms with Crippen molar-refractivity contribution in [2.45, 2.75) is 48.0 Å². The minimum Gasteiger partial charge on any atom is -0.0683 e. The summed E-state index contributed by atoms with van der Waals surface area (Å²) in [5.41, 5.74) is 0. The van der Waals surface area contributed by atoms with E-state index in [4.69, 9.17) is 0 Å². The van der Waals surface area contributed by atoms with E-state index in [-0.39, 0.29) is 37.7 Å². The molecule has 0 heterocycles. The maximum Gasteiger partial charge on any atom is 0 e. The molecule has 10 heavy (non-hydrogen) atoms. The Morgan fingerprint density at radius 3 is 1.30 bits per heavy atom. The molecule has 66 valence electrons. The summed E-state index contributed by atoms with van der Waals surface area (Å²) in [7, 11) is 0. The van der Waals surface area contributed by atoms with Crippen LogP contribution in [0.1, 0.15) is 48.0 Å². The van der Waals surface area contributed by atoms with Crippen molar-refractivity contribution < 1.29 is 37.7 Å². The van der Waals surface area contributed by atoms with Crippen LogP contribution in [0.15, 0.2) is 0 Å². The van der Waals surface area contributed by atoms with Gasteiger partial charge in [-0.15, -0.1) is 0 Å². The summed E-state index contributed by atoms with van der Waals surface area (Å²) in [6, 6.07) is 0. The first-order valence-corrected chi connectivity index (χ1v) is 4.18. The molecule has 1 atom stereocenters. The van der Waals surface area contributed by atoms with E-state index in [1.54, 1.807) is 0 Å². The van der Waals surface area contributed by atoms with Crippen LogP contribution in [0.3, 0.4) is 0 Å². The molecular weight excluding hydrogens is 148 g/mol. The topological polar surface area (TPSA) is 0 Å². The van der Waals surface area contributed by atoms with E-state index in [1.807, 2.05) is 13.8 Å². The molecule has 0 nitrogen and oxygen atoms in total. The van der Waals surface area contributed by atoms with Crippen LogP contribution in [0.5, 0.6) is 0 Å². The maximum atomic E-state index is 2.30. The van der Waals surface area contributed by atoms with Crippen molar-refractivity contribution in [2.75, 3.05) is 0 Å². The second-order valence-electron chi connectivity index (χ2n) is 2.63. The van der Waals surface area contributed by atoms with E-state index in [9.17, 15) is 0 Å². The molecule has 0 spiro atoms. The van der Waals surface area contributed by atoms with Gasteiger partial charge >= 0.3 is 0 Å². The molecule has 0 N–H and O–H groups in total. The Labute approximate surface area is 96.8 Å².